The first-order chi connectivity index (χ1) is 14.6. The quantitative estimate of drug-likeness (QED) is 0.358. The standard InChI is InChI=1S/C19H20O4.C7H8/c1-2-3-13-22-18(20)16-11-7-8-12-17(16)19(21)23-14-15-9-5-4-6-10-15;1-7-5-3-2-4-6-7/h4-12H,2-3,13-14H2,1H3;2-6H,1H3. The first-order valence-corrected chi connectivity index (χ1v) is 10.1. The first kappa shape index (κ1) is 22.9. The summed E-state index contributed by atoms with van der Waals surface area (Å²) in [5.41, 5.74) is 2.68. The summed E-state index contributed by atoms with van der Waals surface area (Å²) in [6.07, 6.45) is 1.74. The molecular formula is C26H28O4. The van der Waals surface area contributed by atoms with Crippen molar-refractivity contribution in [2.75, 3.05) is 6.61 Å². The zero-order valence-electron chi connectivity index (χ0n) is 17.5. The second-order valence-corrected chi connectivity index (χ2v) is 6.75. The van der Waals surface area contributed by atoms with Gasteiger partial charge in [0.05, 0.1) is 17.7 Å². The van der Waals surface area contributed by atoms with Gasteiger partial charge >= 0.3 is 11.9 Å². The molecule has 0 unspecified atom stereocenters. The molecule has 4 heteroatoms. The minimum absolute atomic E-state index is 0.166. The number of benzene rings is 3. The van der Waals surface area contributed by atoms with Crippen LogP contribution in [0.25, 0.3) is 0 Å². The smallest absolute Gasteiger partial charge is 0.339 e. The van der Waals surface area contributed by atoms with Crippen molar-refractivity contribution >= 4 is 11.9 Å². The van der Waals surface area contributed by atoms with Crippen molar-refractivity contribution < 1.29 is 19.1 Å². The SMILES string of the molecule is CCCCOC(=O)c1ccccc1C(=O)OCc1ccccc1.Cc1ccccc1. The van der Waals surface area contributed by atoms with E-state index < -0.39 is 11.9 Å². The topological polar surface area (TPSA) is 52.6 Å². The van der Waals surface area contributed by atoms with Gasteiger partial charge in [0.2, 0.25) is 0 Å². The summed E-state index contributed by atoms with van der Waals surface area (Å²) in [6.45, 7) is 4.62. The summed E-state index contributed by atoms with van der Waals surface area (Å²) >= 11 is 0. The summed E-state index contributed by atoms with van der Waals surface area (Å²) in [6, 6.07) is 26.2. The maximum absolute atomic E-state index is 12.2. The summed E-state index contributed by atoms with van der Waals surface area (Å²) < 4.78 is 10.5. The zero-order valence-corrected chi connectivity index (χ0v) is 17.5. The molecule has 0 aliphatic rings. The highest BCUT2D eigenvalue weighted by atomic mass is 16.5. The van der Waals surface area contributed by atoms with Gasteiger partial charge in [0.25, 0.3) is 0 Å². The van der Waals surface area contributed by atoms with E-state index >= 15 is 0 Å². The van der Waals surface area contributed by atoms with Gasteiger partial charge in [-0.2, -0.15) is 0 Å². The average Bonchev–Trinajstić information content (AvgIpc) is 2.79. The highest BCUT2D eigenvalue weighted by Crippen LogP contribution is 2.13. The Morgan fingerprint density at radius 1 is 0.700 bits per heavy atom. The molecule has 3 rings (SSSR count). The summed E-state index contributed by atoms with van der Waals surface area (Å²) in [4.78, 5) is 24.3. The van der Waals surface area contributed by atoms with E-state index in [2.05, 4.69) is 19.1 Å². The molecule has 0 amide bonds. The molecule has 0 bridgehead atoms. The molecule has 0 aromatic heterocycles. The molecule has 0 spiro atoms. The van der Waals surface area contributed by atoms with Crippen LogP contribution in [-0.4, -0.2) is 18.5 Å². The van der Waals surface area contributed by atoms with Gasteiger partial charge in [0.1, 0.15) is 6.61 Å². The number of carbonyl (C=O) groups excluding carboxylic acids is 2. The van der Waals surface area contributed by atoms with E-state index in [1.807, 2.05) is 55.5 Å². The molecule has 0 fully saturated rings. The molecule has 0 N–H and O–H groups in total. The van der Waals surface area contributed by atoms with Crippen molar-refractivity contribution in [2.45, 2.75) is 33.3 Å². The van der Waals surface area contributed by atoms with Crippen LogP contribution in [0.1, 0.15) is 51.6 Å². The van der Waals surface area contributed by atoms with Crippen molar-refractivity contribution in [1.29, 1.82) is 0 Å². The van der Waals surface area contributed by atoms with Crippen LogP contribution in [-0.2, 0) is 16.1 Å². The lowest BCUT2D eigenvalue weighted by Crippen LogP contribution is -2.14. The molecule has 0 aliphatic heterocycles. The average molecular weight is 405 g/mol. The Balaban J connectivity index is 0.000000386. The Morgan fingerprint density at radius 3 is 1.70 bits per heavy atom. The maximum Gasteiger partial charge on any atom is 0.339 e. The van der Waals surface area contributed by atoms with Crippen LogP contribution < -0.4 is 0 Å². The Hall–Kier alpha value is -3.40. The third-order valence-corrected chi connectivity index (χ3v) is 4.25. The number of rotatable bonds is 7. The summed E-state index contributed by atoms with van der Waals surface area (Å²) in [5.74, 6) is -1.03. The fourth-order valence-electron chi connectivity index (χ4n) is 2.56. The minimum Gasteiger partial charge on any atom is -0.462 e. The second kappa shape index (κ2) is 12.9. The monoisotopic (exact) mass is 404 g/mol. The van der Waals surface area contributed by atoms with Gasteiger partial charge in [0, 0.05) is 0 Å². The third kappa shape index (κ3) is 7.92. The largest absolute Gasteiger partial charge is 0.462 e. The number of ether oxygens (including phenoxy) is 2. The molecule has 4 nitrogen and oxygen atoms in total. The number of unbranched alkanes of at least 4 members (excludes halogenated alkanes) is 1. The normalized spacial score (nSPS) is 9.80. The van der Waals surface area contributed by atoms with Crippen LogP contribution in [0, 0.1) is 6.92 Å². The minimum atomic E-state index is -0.531. The Labute approximate surface area is 178 Å². The van der Waals surface area contributed by atoms with E-state index in [0.717, 1.165) is 18.4 Å². The molecule has 156 valence electrons. The summed E-state index contributed by atoms with van der Waals surface area (Å²) in [5, 5.41) is 0. The number of carbonyl (C=O) groups is 2. The Kier molecular flexibility index (Phi) is 9.87. The van der Waals surface area contributed by atoms with Crippen molar-refractivity contribution in [1.82, 2.24) is 0 Å². The van der Waals surface area contributed by atoms with E-state index in [9.17, 15) is 9.59 Å². The highest BCUT2D eigenvalue weighted by Gasteiger charge is 2.18. The maximum atomic E-state index is 12.2. The molecule has 3 aromatic carbocycles. The zero-order chi connectivity index (χ0) is 21.6. The molecule has 0 aliphatic carbocycles. The Morgan fingerprint density at radius 2 is 1.20 bits per heavy atom. The first-order valence-electron chi connectivity index (χ1n) is 10.1. The molecule has 0 radical (unpaired) electrons. The van der Waals surface area contributed by atoms with Gasteiger partial charge in [0.15, 0.2) is 0 Å². The van der Waals surface area contributed by atoms with Crippen molar-refractivity contribution in [3.63, 3.8) is 0 Å². The lowest BCUT2D eigenvalue weighted by atomic mass is 10.1. The molecule has 0 heterocycles. The van der Waals surface area contributed by atoms with E-state index in [1.54, 1.807) is 24.3 Å². The van der Waals surface area contributed by atoms with Crippen molar-refractivity contribution in [3.05, 3.63) is 107 Å². The van der Waals surface area contributed by atoms with Crippen molar-refractivity contribution in [3.8, 4) is 0 Å². The number of esters is 2. The third-order valence-electron chi connectivity index (χ3n) is 4.25. The van der Waals surface area contributed by atoms with E-state index in [0.29, 0.717) is 6.61 Å². The molecule has 30 heavy (non-hydrogen) atoms. The fourth-order valence-corrected chi connectivity index (χ4v) is 2.56. The van der Waals surface area contributed by atoms with E-state index in [1.165, 1.54) is 5.56 Å². The molecule has 0 saturated carbocycles. The van der Waals surface area contributed by atoms with Crippen LogP contribution in [0.4, 0.5) is 0 Å². The van der Waals surface area contributed by atoms with Gasteiger partial charge in [-0.05, 0) is 31.0 Å². The molecule has 0 saturated heterocycles. The van der Waals surface area contributed by atoms with Gasteiger partial charge in [-0.25, -0.2) is 9.59 Å². The highest BCUT2D eigenvalue weighted by molar-refractivity contribution is 6.03. The van der Waals surface area contributed by atoms with Crippen LogP contribution >= 0.6 is 0 Å². The Bertz CT molecular complexity index is 905. The van der Waals surface area contributed by atoms with Gasteiger partial charge in [-0.1, -0.05) is 91.7 Å². The molecule has 0 atom stereocenters. The predicted molar refractivity (Wildman–Crippen MR) is 118 cm³/mol. The van der Waals surface area contributed by atoms with Gasteiger partial charge in [-0.15, -0.1) is 0 Å². The lowest BCUT2D eigenvalue weighted by Gasteiger charge is -2.09. The van der Waals surface area contributed by atoms with E-state index in [4.69, 9.17) is 9.47 Å². The molecule has 3 aromatic rings. The predicted octanol–water partition coefficient (Wildman–Crippen LogP) is 6.00. The number of hydrogen-bond acceptors (Lipinski definition) is 4. The van der Waals surface area contributed by atoms with Crippen LogP contribution in [0.3, 0.4) is 0 Å². The van der Waals surface area contributed by atoms with Crippen LogP contribution in [0.5, 0.6) is 0 Å². The van der Waals surface area contributed by atoms with Gasteiger partial charge < -0.3 is 9.47 Å². The van der Waals surface area contributed by atoms with Gasteiger partial charge in [-0.3, -0.25) is 0 Å². The van der Waals surface area contributed by atoms with Crippen LogP contribution in [0.15, 0.2) is 84.9 Å². The second-order valence-electron chi connectivity index (χ2n) is 6.75. The molecular weight excluding hydrogens is 376 g/mol. The fraction of sp³-hybridized carbons (Fsp3) is 0.231. The van der Waals surface area contributed by atoms with Crippen LogP contribution in [0.2, 0.25) is 0 Å². The lowest BCUT2D eigenvalue weighted by molar-refractivity contribution is 0.0437. The number of hydrogen-bond donors (Lipinski definition) is 0. The van der Waals surface area contributed by atoms with Crippen molar-refractivity contribution in [2.24, 2.45) is 0 Å². The van der Waals surface area contributed by atoms with E-state index in [-0.39, 0.29) is 17.7 Å². The number of aryl methyl sites for hydroxylation is 1. The summed E-state index contributed by atoms with van der Waals surface area (Å²) in [7, 11) is 0.